The topological polar surface area (TPSA) is 102 Å². The van der Waals surface area contributed by atoms with Gasteiger partial charge in [-0.25, -0.2) is 4.79 Å². The zero-order valence-electron chi connectivity index (χ0n) is 10.2. The maximum absolute atomic E-state index is 12.1. The summed E-state index contributed by atoms with van der Waals surface area (Å²) in [6, 6.07) is 4.07. The van der Waals surface area contributed by atoms with Gasteiger partial charge in [0.1, 0.15) is 5.75 Å². The van der Waals surface area contributed by atoms with E-state index in [1.54, 1.807) is 0 Å². The molecule has 2 aromatic rings. The van der Waals surface area contributed by atoms with Gasteiger partial charge in [0.05, 0.1) is 17.3 Å². The number of phenolic OH excluding ortho intramolecular Hbond substituents is 1. The minimum absolute atomic E-state index is 0.0508. The summed E-state index contributed by atoms with van der Waals surface area (Å²) in [5.74, 6) is -1.13. The van der Waals surface area contributed by atoms with Crippen LogP contribution >= 0.6 is 0 Å². The van der Waals surface area contributed by atoms with Crippen LogP contribution in [-0.4, -0.2) is 25.3 Å². The van der Waals surface area contributed by atoms with Crippen LogP contribution in [0.15, 0.2) is 27.8 Å². The first kappa shape index (κ1) is 12.9. The summed E-state index contributed by atoms with van der Waals surface area (Å²) in [4.78, 5) is 34.6. The Morgan fingerprint density at radius 3 is 2.63 bits per heavy atom. The number of carbonyl (C=O) groups is 1. The average molecular weight is 264 g/mol. The third-order valence-corrected chi connectivity index (χ3v) is 2.89. The molecule has 0 saturated carbocycles. The zero-order valence-corrected chi connectivity index (χ0v) is 10.2. The molecule has 0 aliphatic rings. The predicted molar refractivity (Wildman–Crippen MR) is 67.4 cm³/mol. The Morgan fingerprint density at radius 2 is 2.00 bits per heavy atom. The Hall–Kier alpha value is -2.57. The molecule has 0 saturated heterocycles. The van der Waals surface area contributed by atoms with Crippen LogP contribution in [0.1, 0.15) is 6.42 Å². The second-order valence-corrected chi connectivity index (χ2v) is 4.14. The molecule has 0 unspecified atom stereocenters. The number of rotatable bonds is 3. The highest BCUT2D eigenvalue weighted by Gasteiger charge is 2.12. The molecule has 1 aromatic heterocycles. The molecule has 0 aliphatic carbocycles. The summed E-state index contributed by atoms with van der Waals surface area (Å²) in [5.41, 5.74) is -0.856. The number of fused-ring (bicyclic) bond motifs is 1. The monoisotopic (exact) mass is 264 g/mol. The number of aromatic hydroxyl groups is 1. The lowest BCUT2D eigenvalue weighted by Crippen LogP contribution is -2.39. The van der Waals surface area contributed by atoms with Crippen molar-refractivity contribution in [2.45, 2.75) is 13.0 Å². The van der Waals surface area contributed by atoms with Crippen LogP contribution < -0.4 is 11.2 Å². The second-order valence-electron chi connectivity index (χ2n) is 4.14. The first-order valence-electron chi connectivity index (χ1n) is 5.56. The molecule has 2 N–H and O–H groups in total. The van der Waals surface area contributed by atoms with Gasteiger partial charge in [0.2, 0.25) is 0 Å². The summed E-state index contributed by atoms with van der Waals surface area (Å²) < 4.78 is 2.09. The second kappa shape index (κ2) is 4.60. The van der Waals surface area contributed by atoms with Gasteiger partial charge in [0, 0.05) is 19.7 Å². The summed E-state index contributed by atoms with van der Waals surface area (Å²) in [7, 11) is 1.46. The van der Waals surface area contributed by atoms with Crippen LogP contribution in [0, 0.1) is 0 Å². The van der Waals surface area contributed by atoms with Crippen molar-refractivity contribution in [3.63, 3.8) is 0 Å². The third-order valence-electron chi connectivity index (χ3n) is 2.89. The molecule has 0 radical (unpaired) electrons. The van der Waals surface area contributed by atoms with Crippen molar-refractivity contribution < 1.29 is 15.0 Å². The van der Waals surface area contributed by atoms with Crippen LogP contribution in [-0.2, 0) is 18.4 Å². The molecule has 19 heavy (non-hydrogen) atoms. The fourth-order valence-electron chi connectivity index (χ4n) is 1.90. The maximum Gasteiger partial charge on any atom is 0.331 e. The Morgan fingerprint density at radius 1 is 1.32 bits per heavy atom. The first-order chi connectivity index (χ1) is 8.91. The number of aromatic nitrogens is 2. The van der Waals surface area contributed by atoms with Gasteiger partial charge in [0.25, 0.3) is 5.56 Å². The van der Waals surface area contributed by atoms with E-state index in [9.17, 15) is 19.5 Å². The number of aliphatic carboxylic acids is 1. The van der Waals surface area contributed by atoms with Gasteiger partial charge >= 0.3 is 11.7 Å². The molecule has 0 aliphatic heterocycles. The smallest absolute Gasteiger partial charge is 0.331 e. The molecule has 1 aromatic carbocycles. The fourth-order valence-corrected chi connectivity index (χ4v) is 1.90. The van der Waals surface area contributed by atoms with Crippen molar-refractivity contribution in [3.05, 3.63) is 39.0 Å². The predicted octanol–water partition coefficient (Wildman–Crippen LogP) is -0.120. The molecule has 7 nitrogen and oxygen atoms in total. The number of aryl methyl sites for hydroxylation is 1. The minimum atomic E-state index is -1.08. The largest absolute Gasteiger partial charge is 0.508 e. The lowest BCUT2D eigenvalue weighted by molar-refractivity contribution is -0.137. The molecule has 100 valence electrons. The van der Waals surface area contributed by atoms with Crippen molar-refractivity contribution >= 4 is 16.9 Å². The maximum atomic E-state index is 12.1. The zero-order chi connectivity index (χ0) is 14.2. The Labute approximate surface area is 107 Å². The van der Waals surface area contributed by atoms with Gasteiger partial charge in [-0.15, -0.1) is 0 Å². The van der Waals surface area contributed by atoms with E-state index < -0.39 is 17.2 Å². The molecular formula is C12H12N2O5. The van der Waals surface area contributed by atoms with Gasteiger partial charge in [-0.3, -0.25) is 18.7 Å². The number of nitrogens with zero attached hydrogens (tertiary/aromatic N) is 2. The van der Waals surface area contributed by atoms with E-state index in [-0.39, 0.29) is 24.1 Å². The quantitative estimate of drug-likeness (QED) is 0.804. The summed E-state index contributed by atoms with van der Waals surface area (Å²) >= 11 is 0. The number of hydrogen-bond acceptors (Lipinski definition) is 4. The Kier molecular flexibility index (Phi) is 3.12. The van der Waals surface area contributed by atoms with E-state index in [0.717, 1.165) is 4.57 Å². The van der Waals surface area contributed by atoms with Gasteiger partial charge in [-0.1, -0.05) is 0 Å². The van der Waals surface area contributed by atoms with Crippen molar-refractivity contribution in [3.8, 4) is 5.75 Å². The fraction of sp³-hybridized carbons (Fsp3) is 0.250. The number of benzene rings is 1. The van der Waals surface area contributed by atoms with Crippen molar-refractivity contribution in [2.24, 2.45) is 7.05 Å². The standard InChI is InChI=1S/C12H12N2O5/c1-13-9-6-7(15)2-3-8(9)11(18)14(12(13)19)5-4-10(16)17/h2-3,6,15H,4-5H2,1H3,(H,16,17). The third kappa shape index (κ3) is 2.22. The van der Waals surface area contributed by atoms with Crippen LogP contribution in [0.25, 0.3) is 10.9 Å². The molecule has 0 atom stereocenters. The highest BCUT2D eigenvalue weighted by Crippen LogP contribution is 2.15. The Bertz CT molecular complexity index is 772. The van der Waals surface area contributed by atoms with E-state index in [1.165, 1.54) is 29.8 Å². The SMILES string of the molecule is Cn1c(=O)n(CCC(=O)O)c(=O)c2ccc(O)cc21. The van der Waals surface area contributed by atoms with Crippen LogP contribution in [0.2, 0.25) is 0 Å². The molecule has 2 rings (SSSR count). The molecule has 0 bridgehead atoms. The molecule has 1 heterocycles. The van der Waals surface area contributed by atoms with Gasteiger partial charge in [-0.05, 0) is 12.1 Å². The van der Waals surface area contributed by atoms with Crippen LogP contribution in [0.4, 0.5) is 0 Å². The van der Waals surface area contributed by atoms with Crippen LogP contribution in [0.5, 0.6) is 5.75 Å². The van der Waals surface area contributed by atoms with E-state index in [1.807, 2.05) is 0 Å². The van der Waals surface area contributed by atoms with E-state index in [2.05, 4.69) is 0 Å². The van der Waals surface area contributed by atoms with Crippen molar-refractivity contribution in [1.29, 1.82) is 0 Å². The molecule has 0 fully saturated rings. The van der Waals surface area contributed by atoms with Gasteiger partial charge < -0.3 is 10.2 Å². The molecular weight excluding hydrogens is 252 g/mol. The Balaban J connectivity index is 2.74. The normalized spacial score (nSPS) is 10.8. The average Bonchev–Trinajstić information content (AvgIpc) is 2.35. The minimum Gasteiger partial charge on any atom is -0.508 e. The van der Waals surface area contributed by atoms with E-state index in [4.69, 9.17) is 5.11 Å². The number of hydrogen-bond donors (Lipinski definition) is 2. The van der Waals surface area contributed by atoms with E-state index >= 15 is 0 Å². The molecule has 0 spiro atoms. The number of carboxylic acid groups (broad SMARTS) is 1. The molecule has 0 amide bonds. The summed E-state index contributed by atoms with van der Waals surface area (Å²) in [6.07, 6.45) is -0.307. The number of carboxylic acids is 1. The van der Waals surface area contributed by atoms with Gasteiger partial charge in [-0.2, -0.15) is 0 Å². The highest BCUT2D eigenvalue weighted by atomic mass is 16.4. The highest BCUT2D eigenvalue weighted by molar-refractivity contribution is 5.79. The van der Waals surface area contributed by atoms with Crippen LogP contribution in [0.3, 0.4) is 0 Å². The lowest BCUT2D eigenvalue weighted by Gasteiger charge is -2.09. The van der Waals surface area contributed by atoms with Crippen molar-refractivity contribution in [2.75, 3.05) is 0 Å². The van der Waals surface area contributed by atoms with E-state index in [0.29, 0.717) is 5.52 Å². The summed E-state index contributed by atoms with van der Waals surface area (Å²) in [6.45, 7) is -0.183. The first-order valence-corrected chi connectivity index (χ1v) is 5.56. The van der Waals surface area contributed by atoms with Crippen molar-refractivity contribution in [1.82, 2.24) is 9.13 Å². The number of phenols is 1. The van der Waals surface area contributed by atoms with Gasteiger partial charge in [0.15, 0.2) is 0 Å². The molecule has 7 heteroatoms. The summed E-state index contributed by atoms with van der Waals surface area (Å²) in [5, 5.41) is 18.3. The lowest BCUT2D eigenvalue weighted by atomic mass is 10.2.